The summed E-state index contributed by atoms with van der Waals surface area (Å²) in [6.45, 7) is 11.2. The largest absolute Gasteiger partial charge is 0.382 e. The maximum Gasteiger partial charge on any atom is 0.189 e. The highest BCUT2D eigenvalue weighted by atomic mass is 32.1. The third-order valence-corrected chi connectivity index (χ3v) is 7.20. The molecule has 0 atom stereocenters. The van der Waals surface area contributed by atoms with Gasteiger partial charge in [0.1, 0.15) is 11.3 Å². The Morgan fingerprint density at radius 3 is 2.28 bits per heavy atom. The third-order valence-electron chi connectivity index (χ3n) is 6.33. The van der Waals surface area contributed by atoms with Gasteiger partial charge >= 0.3 is 0 Å². The standard InChI is InChI=1S/C23H31N5S/c1-13-7-6-8-14(2)17(13)25-22-26-18-19(24)27-20(28-21(18)29-22)15-9-11-16(12-10-15)23(3,4)5/h6-8,15-16H,9-12H2,1-5H3,(H,25,26)(H2,24,27,28). The fourth-order valence-corrected chi connectivity index (χ4v) is 5.29. The molecule has 0 saturated heterocycles. The molecular formula is C23H31N5S. The third kappa shape index (κ3) is 4.08. The number of para-hydroxylation sites is 1. The Morgan fingerprint density at radius 1 is 1.00 bits per heavy atom. The fraction of sp³-hybridized carbons (Fsp3) is 0.522. The van der Waals surface area contributed by atoms with Crippen LogP contribution < -0.4 is 11.1 Å². The normalized spacial score (nSPS) is 20.2. The maximum atomic E-state index is 6.29. The smallest absolute Gasteiger partial charge is 0.189 e. The van der Waals surface area contributed by atoms with Gasteiger partial charge in [-0.1, -0.05) is 50.3 Å². The SMILES string of the molecule is Cc1cccc(C)c1Nc1nc2c(N)nc(C3CCC(C(C)(C)C)CC3)nc2s1. The van der Waals surface area contributed by atoms with E-state index in [0.29, 0.717) is 22.7 Å². The number of hydrogen-bond donors (Lipinski definition) is 2. The summed E-state index contributed by atoms with van der Waals surface area (Å²) in [6, 6.07) is 6.27. The van der Waals surface area contributed by atoms with Crippen LogP contribution in [-0.2, 0) is 0 Å². The molecule has 2 aromatic heterocycles. The molecule has 0 amide bonds. The zero-order valence-electron chi connectivity index (χ0n) is 18.0. The number of fused-ring (bicyclic) bond motifs is 1. The van der Waals surface area contributed by atoms with Crippen LogP contribution in [0.25, 0.3) is 10.3 Å². The molecule has 154 valence electrons. The quantitative estimate of drug-likeness (QED) is 0.527. The number of nitrogen functional groups attached to an aromatic ring is 1. The molecule has 0 radical (unpaired) electrons. The van der Waals surface area contributed by atoms with Gasteiger partial charge in [-0.25, -0.2) is 15.0 Å². The number of aryl methyl sites for hydroxylation is 2. The summed E-state index contributed by atoms with van der Waals surface area (Å²) in [4.78, 5) is 15.1. The van der Waals surface area contributed by atoms with Gasteiger partial charge in [0.25, 0.3) is 0 Å². The summed E-state index contributed by atoms with van der Waals surface area (Å²) in [6.07, 6.45) is 4.74. The molecule has 1 fully saturated rings. The first-order valence-corrected chi connectivity index (χ1v) is 11.3. The van der Waals surface area contributed by atoms with Gasteiger partial charge in [-0.05, 0) is 62.0 Å². The van der Waals surface area contributed by atoms with Crippen LogP contribution in [0.2, 0.25) is 0 Å². The average Bonchev–Trinajstić information content (AvgIpc) is 3.08. The van der Waals surface area contributed by atoms with Crippen LogP contribution >= 0.6 is 11.3 Å². The summed E-state index contributed by atoms with van der Waals surface area (Å²) in [5, 5.41) is 4.27. The first kappa shape index (κ1) is 20.1. The minimum atomic E-state index is 0.376. The lowest BCUT2D eigenvalue weighted by Gasteiger charge is -2.36. The summed E-state index contributed by atoms with van der Waals surface area (Å²) < 4.78 is 0. The number of benzene rings is 1. The molecule has 1 saturated carbocycles. The van der Waals surface area contributed by atoms with Crippen molar-refractivity contribution < 1.29 is 0 Å². The highest BCUT2D eigenvalue weighted by Gasteiger charge is 2.31. The molecule has 4 rings (SSSR count). The van der Waals surface area contributed by atoms with Gasteiger partial charge in [0.15, 0.2) is 15.8 Å². The number of nitrogens with two attached hydrogens (primary N) is 1. The van der Waals surface area contributed by atoms with Crippen LogP contribution in [0.15, 0.2) is 18.2 Å². The van der Waals surface area contributed by atoms with Gasteiger partial charge < -0.3 is 11.1 Å². The first-order valence-electron chi connectivity index (χ1n) is 10.5. The maximum absolute atomic E-state index is 6.29. The second-order valence-electron chi connectivity index (χ2n) is 9.45. The van der Waals surface area contributed by atoms with Crippen LogP contribution in [0.5, 0.6) is 0 Å². The predicted molar refractivity (Wildman–Crippen MR) is 123 cm³/mol. The minimum Gasteiger partial charge on any atom is -0.382 e. The van der Waals surface area contributed by atoms with Crippen molar-refractivity contribution in [3.8, 4) is 0 Å². The van der Waals surface area contributed by atoms with Crippen molar-refractivity contribution in [2.45, 2.75) is 66.2 Å². The van der Waals surface area contributed by atoms with Gasteiger partial charge in [-0.15, -0.1) is 0 Å². The van der Waals surface area contributed by atoms with Crippen molar-refractivity contribution in [1.82, 2.24) is 15.0 Å². The van der Waals surface area contributed by atoms with Gasteiger partial charge in [-0.3, -0.25) is 0 Å². The molecule has 0 spiro atoms. The van der Waals surface area contributed by atoms with E-state index >= 15 is 0 Å². The second-order valence-corrected chi connectivity index (χ2v) is 10.4. The van der Waals surface area contributed by atoms with Crippen LogP contribution in [-0.4, -0.2) is 15.0 Å². The van der Waals surface area contributed by atoms with Crippen molar-refractivity contribution in [3.05, 3.63) is 35.2 Å². The topological polar surface area (TPSA) is 76.7 Å². The Hall–Kier alpha value is -2.21. The summed E-state index contributed by atoms with van der Waals surface area (Å²) in [5.74, 6) is 2.56. The van der Waals surface area contributed by atoms with Crippen molar-refractivity contribution >= 4 is 38.3 Å². The fourth-order valence-electron chi connectivity index (χ4n) is 4.43. The van der Waals surface area contributed by atoms with E-state index in [2.05, 4.69) is 68.1 Å². The Morgan fingerprint density at radius 2 is 1.66 bits per heavy atom. The Bertz CT molecular complexity index is 1010. The highest BCUT2D eigenvalue weighted by molar-refractivity contribution is 7.21. The number of nitrogens with zero attached hydrogens (tertiary/aromatic N) is 3. The molecule has 1 aliphatic rings. The van der Waals surface area contributed by atoms with Gasteiger partial charge in [0.2, 0.25) is 0 Å². The zero-order chi connectivity index (χ0) is 20.8. The van der Waals surface area contributed by atoms with E-state index in [0.717, 1.165) is 40.2 Å². The molecule has 2 heterocycles. The first-order chi connectivity index (χ1) is 13.7. The van der Waals surface area contributed by atoms with Crippen LogP contribution in [0.1, 0.15) is 69.3 Å². The van der Waals surface area contributed by atoms with E-state index in [1.54, 1.807) is 11.3 Å². The number of thiazole rings is 1. The van der Waals surface area contributed by atoms with E-state index in [9.17, 15) is 0 Å². The molecule has 29 heavy (non-hydrogen) atoms. The molecule has 3 N–H and O–H groups in total. The molecule has 3 aromatic rings. The Kier molecular flexibility index (Phi) is 5.23. The van der Waals surface area contributed by atoms with Crippen LogP contribution in [0.4, 0.5) is 16.6 Å². The number of rotatable bonds is 3. The van der Waals surface area contributed by atoms with Crippen LogP contribution in [0, 0.1) is 25.2 Å². The number of anilines is 3. The molecule has 1 aliphatic carbocycles. The van der Waals surface area contributed by atoms with E-state index in [-0.39, 0.29) is 0 Å². The summed E-state index contributed by atoms with van der Waals surface area (Å²) in [5.41, 5.74) is 10.9. The van der Waals surface area contributed by atoms with Gasteiger partial charge in [0.05, 0.1) is 0 Å². The van der Waals surface area contributed by atoms with Crippen LogP contribution in [0.3, 0.4) is 0 Å². The number of nitrogens with one attached hydrogen (secondary N) is 1. The number of hydrogen-bond acceptors (Lipinski definition) is 6. The second kappa shape index (κ2) is 7.56. The predicted octanol–water partition coefficient (Wildman–Crippen LogP) is 6.35. The molecular weight excluding hydrogens is 378 g/mol. The van der Waals surface area contributed by atoms with Crippen molar-refractivity contribution in [2.24, 2.45) is 11.3 Å². The highest BCUT2D eigenvalue weighted by Crippen LogP contribution is 2.43. The van der Waals surface area contributed by atoms with E-state index in [1.807, 2.05) is 0 Å². The van der Waals surface area contributed by atoms with Gasteiger partial charge in [-0.2, -0.15) is 0 Å². The van der Waals surface area contributed by atoms with Gasteiger partial charge in [0, 0.05) is 11.6 Å². The average molecular weight is 410 g/mol. The molecule has 0 aliphatic heterocycles. The molecule has 0 bridgehead atoms. The lowest BCUT2D eigenvalue weighted by atomic mass is 9.70. The molecule has 0 unspecified atom stereocenters. The molecule has 6 heteroatoms. The molecule has 1 aromatic carbocycles. The lowest BCUT2D eigenvalue weighted by molar-refractivity contribution is 0.167. The minimum absolute atomic E-state index is 0.376. The molecule has 5 nitrogen and oxygen atoms in total. The lowest BCUT2D eigenvalue weighted by Crippen LogP contribution is -2.25. The van der Waals surface area contributed by atoms with E-state index in [1.165, 1.54) is 24.0 Å². The zero-order valence-corrected chi connectivity index (χ0v) is 18.9. The Balaban J connectivity index is 1.58. The van der Waals surface area contributed by atoms with Crippen molar-refractivity contribution in [1.29, 1.82) is 0 Å². The van der Waals surface area contributed by atoms with Crippen molar-refractivity contribution in [2.75, 3.05) is 11.1 Å². The summed E-state index contributed by atoms with van der Waals surface area (Å²) in [7, 11) is 0. The Labute approximate surface area is 177 Å². The summed E-state index contributed by atoms with van der Waals surface area (Å²) >= 11 is 1.55. The van der Waals surface area contributed by atoms with Crippen molar-refractivity contribution in [3.63, 3.8) is 0 Å². The monoisotopic (exact) mass is 409 g/mol. The van der Waals surface area contributed by atoms with E-state index in [4.69, 9.17) is 10.7 Å². The number of aromatic nitrogens is 3. The van der Waals surface area contributed by atoms with E-state index < -0.39 is 0 Å².